The lowest BCUT2D eigenvalue weighted by Gasteiger charge is -2.35. The molecule has 0 unspecified atom stereocenters. The molecule has 1 N–H and O–H groups in total. The molecule has 0 saturated carbocycles. The van der Waals surface area contributed by atoms with E-state index < -0.39 is 5.60 Å². The fourth-order valence-electron chi connectivity index (χ4n) is 4.49. The van der Waals surface area contributed by atoms with Crippen LogP contribution in [0.3, 0.4) is 0 Å². The van der Waals surface area contributed by atoms with Crippen LogP contribution in [-0.2, 0) is 20.9 Å². The molecule has 2 heterocycles. The van der Waals surface area contributed by atoms with Gasteiger partial charge in [0.1, 0.15) is 11.4 Å². The molecular formula is C26H38FN3O4. The van der Waals surface area contributed by atoms with Crippen molar-refractivity contribution in [2.75, 3.05) is 26.2 Å². The third-order valence-electron chi connectivity index (χ3n) is 6.65. The lowest BCUT2D eigenvalue weighted by Crippen LogP contribution is -2.45. The van der Waals surface area contributed by atoms with Gasteiger partial charge in [-0.2, -0.15) is 0 Å². The molecule has 3 amide bonds. The molecule has 7 nitrogen and oxygen atoms in total. The van der Waals surface area contributed by atoms with Crippen molar-refractivity contribution in [2.24, 2.45) is 11.8 Å². The molecule has 1 aromatic carbocycles. The number of aryl methyl sites for hydroxylation is 1. The SMILES string of the molecule is Cc1ccc(CNC(=O)C2CCN(C(=O)CC3CCN(C(=O)OC(C)(C)C)CC3)CC2)cc1F. The Bertz CT molecular complexity index is 883. The van der Waals surface area contributed by atoms with Crippen LogP contribution in [0.25, 0.3) is 0 Å². The molecule has 2 saturated heterocycles. The van der Waals surface area contributed by atoms with Gasteiger partial charge in [0.2, 0.25) is 11.8 Å². The molecule has 0 atom stereocenters. The summed E-state index contributed by atoms with van der Waals surface area (Å²) in [6, 6.07) is 4.98. The largest absolute Gasteiger partial charge is 0.444 e. The Kier molecular flexibility index (Phi) is 8.55. The van der Waals surface area contributed by atoms with Gasteiger partial charge in [-0.3, -0.25) is 9.59 Å². The molecule has 0 bridgehead atoms. The summed E-state index contributed by atoms with van der Waals surface area (Å²) in [6.07, 6.45) is 3.06. The first-order chi connectivity index (χ1) is 16.0. The summed E-state index contributed by atoms with van der Waals surface area (Å²) < 4.78 is 19.1. The first-order valence-electron chi connectivity index (χ1n) is 12.3. The van der Waals surface area contributed by atoms with Gasteiger partial charge in [-0.25, -0.2) is 9.18 Å². The lowest BCUT2D eigenvalue weighted by atomic mass is 9.91. The van der Waals surface area contributed by atoms with E-state index in [-0.39, 0.29) is 35.6 Å². The molecule has 0 radical (unpaired) electrons. The number of hydrogen-bond acceptors (Lipinski definition) is 4. The lowest BCUT2D eigenvalue weighted by molar-refractivity contribution is -0.136. The van der Waals surface area contributed by atoms with Gasteiger partial charge >= 0.3 is 6.09 Å². The Balaban J connectivity index is 1.36. The number of amides is 3. The maximum Gasteiger partial charge on any atom is 0.410 e. The zero-order chi connectivity index (χ0) is 24.9. The summed E-state index contributed by atoms with van der Waals surface area (Å²) in [5.41, 5.74) is 0.813. The first kappa shape index (κ1) is 26.0. The van der Waals surface area contributed by atoms with Crippen molar-refractivity contribution in [3.63, 3.8) is 0 Å². The van der Waals surface area contributed by atoms with Crippen molar-refractivity contribution >= 4 is 17.9 Å². The molecule has 0 spiro atoms. The Morgan fingerprint density at radius 3 is 2.24 bits per heavy atom. The third kappa shape index (κ3) is 7.43. The van der Waals surface area contributed by atoms with Crippen molar-refractivity contribution in [1.82, 2.24) is 15.1 Å². The van der Waals surface area contributed by atoms with Crippen LogP contribution in [0.15, 0.2) is 18.2 Å². The second-order valence-corrected chi connectivity index (χ2v) is 10.6. The van der Waals surface area contributed by atoms with Crippen LogP contribution in [0, 0.1) is 24.6 Å². The fraction of sp³-hybridized carbons (Fsp3) is 0.654. The Morgan fingerprint density at radius 2 is 1.65 bits per heavy atom. The highest BCUT2D eigenvalue weighted by Crippen LogP contribution is 2.25. The van der Waals surface area contributed by atoms with Crippen LogP contribution >= 0.6 is 0 Å². The summed E-state index contributed by atoms with van der Waals surface area (Å²) in [4.78, 5) is 41.1. The predicted octanol–water partition coefficient (Wildman–Crippen LogP) is 4.03. The van der Waals surface area contributed by atoms with E-state index in [4.69, 9.17) is 4.74 Å². The second-order valence-electron chi connectivity index (χ2n) is 10.6. The first-order valence-corrected chi connectivity index (χ1v) is 12.3. The third-order valence-corrected chi connectivity index (χ3v) is 6.65. The van der Waals surface area contributed by atoms with Crippen molar-refractivity contribution < 1.29 is 23.5 Å². The van der Waals surface area contributed by atoms with E-state index in [0.29, 0.717) is 57.5 Å². The van der Waals surface area contributed by atoms with Gasteiger partial charge in [-0.15, -0.1) is 0 Å². The topological polar surface area (TPSA) is 79.0 Å². The summed E-state index contributed by atoms with van der Waals surface area (Å²) in [7, 11) is 0. The predicted molar refractivity (Wildman–Crippen MR) is 127 cm³/mol. The van der Waals surface area contributed by atoms with Gasteiger partial charge in [-0.1, -0.05) is 12.1 Å². The van der Waals surface area contributed by atoms with Gasteiger partial charge in [0.25, 0.3) is 0 Å². The Hall–Kier alpha value is -2.64. The number of likely N-dealkylation sites (tertiary alicyclic amines) is 2. The Morgan fingerprint density at radius 1 is 1.03 bits per heavy atom. The fourth-order valence-corrected chi connectivity index (χ4v) is 4.49. The normalized spacial score (nSPS) is 18.0. The molecule has 2 fully saturated rings. The minimum atomic E-state index is -0.508. The number of carbonyl (C=O) groups excluding carboxylic acids is 3. The van der Waals surface area contributed by atoms with Crippen molar-refractivity contribution in [3.05, 3.63) is 35.1 Å². The second kappa shape index (κ2) is 11.2. The molecule has 1 aromatic rings. The van der Waals surface area contributed by atoms with E-state index in [0.717, 1.165) is 18.4 Å². The minimum absolute atomic E-state index is 0.0393. The number of nitrogens with zero attached hydrogens (tertiary/aromatic N) is 2. The average Bonchev–Trinajstić information content (AvgIpc) is 2.79. The Labute approximate surface area is 202 Å². The highest BCUT2D eigenvalue weighted by molar-refractivity contribution is 5.80. The van der Waals surface area contributed by atoms with Crippen LogP contribution in [0.1, 0.15) is 64.0 Å². The monoisotopic (exact) mass is 475 g/mol. The van der Waals surface area contributed by atoms with Crippen molar-refractivity contribution in [1.29, 1.82) is 0 Å². The van der Waals surface area contributed by atoms with Gasteiger partial charge < -0.3 is 19.9 Å². The summed E-state index contributed by atoms with van der Waals surface area (Å²) in [6.45, 7) is 9.95. The molecule has 188 valence electrons. The van der Waals surface area contributed by atoms with E-state index in [2.05, 4.69) is 5.32 Å². The molecule has 3 rings (SSSR count). The number of nitrogens with one attached hydrogen (secondary N) is 1. The van der Waals surface area contributed by atoms with Crippen LogP contribution in [0.5, 0.6) is 0 Å². The van der Waals surface area contributed by atoms with Crippen molar-refractivity contribution in [3.8, 4) is 0 Å². The number of rotatable bonds is 5. The van der Waals surface area contributed by atoms with E-state index in [1.807, 2.05) is 31.7 Å². The molecular weight excluding hydrogens is 437 g/mol. The molecule has 8 heteroatoms. The van der Waals surface area contributed by atoms with Crippen LogP contribution in [0.4, 0.5) is 9.18 Å². The summed E-state index contributed by atoms with van der Waals surface area (Å²) in [5, 5.41) is 2.90. The highest BCUT2D eigenvalue weighted by Gasteiger charge is 2.31. The van der Waals surface area contributed by atoms with Gasteiger partial charge in [0.05, 0.1) is 0 Å². The summed E-state index contributed by atoms with van der Waals surface area (Å²) in [5.74, 6) is -0.0417. The number of halogens is 1. The van der Waals surface area contributed by atoms with E-state index in [9.17, 15) is 18.8 Å². The van der Waals surface area contributed by atoms with Gasteiger partial charge in [0, 0.05) is 45.1 Å². The summed E-state index contributed by atoms with van der Waals surface area (Å²) >= 11 is 0. The van der Waals surface area contributed by atoms with E-state index in [1.54, 1.807) is 17.9 Å². The standard InChI is InChI=1S/C26H38FN3O4/c1-18-5-6-20(15-22(18)27)17-28-24(32)21-9-13-29(14-10-21)23(31)16-19-7-11-30(12-8-19)25(33)34-26(2,3)4/h5-6,15,19,21H,7-14,16-17H2,1-4H3,(H,28,32). The van der Waals surface area contributed by atoms with Crippen LogP contribution in [-0.4, -0.2) is 59.5 Å². The highest BCUT2D eigenvalue weighted by atomic mass is 19.1. The van der Waals surface area contributed by atoms with Crippen molar-refractivity contribution in [2.45, 2.75) is 71.9 Å². The molecule has 2 aliphatic rings. The minimum Gasteiger partial charge on any atom is -0.444 e. The van der Waals surface area contributed by atoms with E-state index in [1.165, 1.54) is 6.07 Å². The van der Waals surface area contributed by atoms with E-state index >= 15 is 0 Å². The quantitative estimate of drug-likeness (QED) is 0.698. The number of piperidine rings is 2. The number of hydrogen-bond donors (Lipinski definition) is 1. The number of benzene rings is 1. The molecule has 0 aliphatic carbocycles. The molecule has 2 aliphatic heterocycles. The zero-order valence-electron chi connectivity index (χ0n) is 20.9. The number of ether oxygens (including phenoxy) is 1. The molecule has 0 aromatic heterocycles. The van der Waals surface area contributed by atoms with Gasteiger partial charge in [0.15, 0.2) is 0 Å². The van der Waals surface area contributed by atoms with Gasteiger partial charge in [-0.05, 0) is 76.5 Å². The maximum atomic E-state index is 13.7. The smallest absolute Gasteiger partial charge is 0.410 e. The van der Waals surface area contributed by atoms with Crippen LogP contribution in [0.2, 0.25) is 0 Å². The number of carbonyl (C=O) groups is 3. The van der Waals surface area contributed by atoms with Crippen LogP contribution < -0.4 is 5.32 Å². The molecule has 34 heavy (non-hydrogen) atoms. The maximum absolute atomic E-state index is 13.7. The average molecular weight is 476 g/mol. The zero-order valence-corrected chi connectivity index (χ0v) is 20.9.